The van der Waals surface area contributed by atoms with E-state index in [0.29, 0.717) is 0 Å². The molecule has 3 atom stereocenters. The zero-order valence-electron chi connectivity index (χ0n) is 12.6. The van der Waals surface area contributed by atoms with Crippen molar-refractivity contribution in [1.29, 1.82) is 0 Å². The molecule has 0 N–H and O–H groups in total. The molecule has 0 nitrogen and oxygen atoms in total. The minimum Gasteiger partial charge on any atom is -0.0654 e. The number of rotatable bonds is 9. The predicted molar refractivity (Wildman–Crippen MR) is 75.7 cm³/mol. The maximum atomic E-state index is 2.44. The molecule has 0 aliphatic carbocycles. The number of unbranched alkanes of at least 4 members (excludes halogenated alkanes) is 3. The predicted octanol–water partition coefficient (Wildman–Crippen LogP) is 5.91. The highest BCUT2D eigenvalue weighted by molar-refractivity contribution is 4.68. The van der Waals surface area contributed by atoms with Gasteiger partial charge in [-0.25, -0.2) is 0 Å². The summed E-state index contributed by atoms with van der Waals surface area (Å²) < 4.78 is 0. The Morgan fingerprint density at radius 3 is 1.94 bits per heavy atom. The van der Waals surface area contributed by atoms with E-state index < -0.39 is 0 Å². The summed E-state index contributed by atoms with van der Waals surface area (Å²) in [5, 5.41) is 0. The van der Waals surface area contributed by atoms with E-state index in [0.717, 1.165) is 23.7 Å². The fourth-order valence-electron chi connectivity index (χ4n) is 2.54. The van der Waals surface area contributed by atoms with Crippen LogP contribution in [0, 0.1) is 23.7 Å². The summed E-state index contributed by atoms with van der Waals surface area (Å²) in [6.45, 7) is 14.3. The van der Waals surface area contributed by atoms with Gasteiger partial charge >= 0.3 is 0 Å². The molecule has 0 rings (SSSR count). The number of hydrogen-bond acceptors (Lipinski definition) is 0. The van der Waals surface area contributed by atoms with Crippen LogP contribution in [0.3, 0.4) is 0 Å². The van der Waals surface area contributed by atoms with Crippen molar-refractivity contribution in [3.8, 4) is 0 Å². The highest BCUT2D eigenvalue weighted by Gasteiger charge is 2.17. The first-order chi connectivity index (χ1) is 7.49. The largest absolute Gasteiger partial charge is 0.0654 e. The fraction of sp³-hybridized carbons (Fsp3) is 1.00. The van der Waals surface area contributed by atoms with Gasteiger partial charge in [0.15, 0.2) is 0 Å². The average molecular weight is 226 g/mol. The molecule has 0 bridgehead atoms. The van der Waals surface area contributed by atoms with E-state index in [4.69, 9.17) is 0 Å². The summed E-state index contributed by atoms with van der Waals surface area (Å²) in [6.07, 6.45) is 8.52. The third kappa shape index (κ3) is 7.30. The quantitative estimate of drug-likeness (QED) is 0.429. The Balaban J connectivity index is 3.65. The second-order valence-electron chi connectivity index (χ2n) is 6.27. The zero-order chi connectivity index (χ0) is 12.6. The molecule has 0 aliphatic rings. The molecule has 0 amide bonds. The van der Waals surface area contributed by atoms with Gasteiger partial charge < -0.3 is 0 Å². The van der Waals surface area contributed by atoms with Gasteiger partial charge in [0, 0.05) is 0 Å². The molecule has 0 aromatic carbocycles. The first-order valence-electron chi connectivity index (χ1n) is 7.49. The van der Waals surface area contributed by atoms with E-state index >= 15 is 0 Å². The minimum atomic E-state index is 0.835. The molecule has 0 heteroatoms. The molecule has 0 radical (unpaired) electrons. The van der Waals surface area contributed by atoms with Crippen LogP contribution in [0.1, 0.15) is 80.1 Å². The van der Waals surface area contributed by atoms with Gasteiger partial charge in [0.2, 0.25) is 0 Å². The van der Waals surface area contributed by atoms with Crippen molar-refractivity contribution >= 4 is 0 Å². The standard InChI is InChI=1S/C16H34/c1-7-8-9-10-11-14(4)12-15(5)16(6)13(2)3/h13-16H,7-12H2,1-6H3. The molecule has 0 saturated heterocycles. The molecule has 0 aromatic rings. The first-order valence-corrected chi connectivity index (χ1v) is 7.49. The van der Waals surface area contributed by atoms with Crippen LogP contribution in [0.15, 0.2) is 0 Å². The molecule has 0 spiro atoms. The van der Waals surface area contributed by atoms with E-state index in [1.807, 2.05) is 0 Å². The molecular formula is C16H34. The maximum absolute atomic E-state index is 2.44. The van der Waals surface area contributed by atoms with Crippen LogP contribution in [0.4, 0.5) is 0 Å². The molecule has 0 aliphatic heterocycles. The topological polar surface area (TPSA) is 0 Å². The van der Waals surface area contributed by atoms with E-state index in [1.54, 1.807) is 0 Å². The lowest BCUT2D eigenvalue weighted by atomic mass is 9.80. The Morgan fingerprint density at radius 1 is 0.812 bits per heavy atom. The molecular weight excluding hydrogens is 192 g/mol. The molecule has 0 fully saturated rings. The van der Waals surface area contributed by atoms with E-state index in [1.165, 1.54) is 38.5 Å². The maximum Gasteiger partial charge on any atom is -0.0394 e. The van der Waals surface area contributed by atoms with Crippen LogP contribution in [0.2, 0.25) is 0 Å². The van der Waals surface area contributed by atoms with Gasteiger partial charge in [-0.05, 0) is 30.1 Å². The van der Waals surface area contributed by atoms with Crippen molar-refractivity contribution < 1.29 is 0 Å². The van der Waals surface area contributed by atoms with Gasteiger partial charge in [-0.3, -0.25) is 0 Å². The Bertz CT molecular complexity index is 148. The molecule has 0 aromatic heterocycles. The van der Waals surface area contributed by atoms with E-state index in [2.05, 4.69) is 41.5 Å². The molecule has 98 valence electrons. The Hall–Kier alpha value is 0. The number of hydrogen-bond donors (Lipinski definition) is 0. The molecule has 0 saturated carbocycles. The van der Waals surface area contributed by atoms with Crippen molar-refractivity contribution in [1.82, 2.24) is 0 Å². The van der Waals surface area contributed by atoms with Gasteiger partial charge in [0.1, 0.15) is 0 Å². The van der Waals surface area contributed by atoms with Crippen LogP contribution in [-0.2, 0) is 0 Å². The highest BCUT2D eigenvalue weighted by atomic mass is 14.2. The van der Waals surface area contributed by atoms with Gasteiger partial charge in [-0.1, -0.05) is 73.6 Å². The second-order valence-corrected chi connectivity index (χ2v) is 6.27. The summed E-state index contributed by atoms with van der Waals surface area (Å²) in [4.78, 5) is 0. The van der Waals surface area contributed by atoms with Gasteiger partial charge in [-0.15, -0.1) is 0 Å². The lowest BCUT2D eigenvalue weighted by Crippen LogP contribution is -2.16. The molecule has 0 heterocycles. The van der Waals surface area contributed by atoms with E-state index in [9.17, 15) is 0 Å². The molecule has 16 heavy (non-hydrogen) atoms. The van der Waals surface area contributed by atoms with Crippen LogP contribution < -0.4 is 0 Å². The lowest BCUT2D eigenvalue weighted by Gasteiger charge is -2.26. The van der Waals surface area contributed by atoms with Gasteiger partial charge in [0.25, 0.3) is 0 Å². The normalized spacial score (nSPS) is 17.4. The van der Waals surface area contributed by atoms with Crippen LogP contribution in [-0.4, -0.2) is 0 Å². The Labute approximate surface area is 104 Å². The highest BCUT2D eigenvalue weighted by Crippen LogP contribution is 2.27. The monoisotopic (exact) mass is 226 g/mol. The first kappa shape index (κ1) is 16.0. The smallest absolute Gasteiger partial charge is 0.0394 e. The van der Waals surface area contributed by atoms with Gasteiger partial charge in [-0.2, -0.15) is 0 Å². The van der Waals surface area contributed by atoms with Crippen molar-refractivity contribution in [2.45, 2.75) is 80.1 Å². The Kier molecular flexibility index (Phi) is 9.07. The summed E-state index contributed by atoms with van der Waals surface area (Å²) >= 11 is 0. The lowest BCUT2D eigenvalue weighted by molar-refractivity contribution is 0.246. The zero-order valence-corrected chi connectivity index (χ0v) is 12.6. The molecule has 3 unspecified atom stereocenters. The second kappa shape index (κ2) is 9.07. The summed E-state index contributed by atoms with van der Waals surface area (Å²) in [6, 6.07) is 0. The Morgan fingerprint density at radius 2 is 1.44 bits per heavy atom. The fourth-order valence-corrected chi connectivity index (χ4v) is 2.54. The average Bonchev–Trinajstić information content (AvgIpc) is 2.23. The van der Waals surface area contributed by atoms with E-state index in [-0.39, 0.29) is 0 Å². The van der Waals surface area contributed by atoms with Crippen molar-refractivity contribution in [2.75, 3.05) is 0 Å². The van der Waals surface area contributed by atoms with Gasteiger partial charge in [0.05, 0.1) is 0 Å². The van der Waals surface area contributed by atoms with Crippen molar-refractivity contribution in [3.05, 3.63) is 0 Å². The summed E-state index contributed by atoms with van der Waals surface area (Å²) in [5.74, 6) is 3.52. The SMILES string of the molecule is CCCCCCC(C)CC(C)C(C)C(C)C. The van der Waals surface area contributed by atoms with Crippen molar-refractivity contribution in [3.63, 3.8) is 0 Å². The third-order valence-corrected chi connectivity index (χ3v) is 4.27. The summed E-state index contributed by atoms with van der Waals surface area (Å²) in [5.41, 5.74) is 0. The third-order valence-electron chi connectivity index (χ3n) is 4.27. The minimum absolute atomic E-state index is 0.835. The summed E-state index contributed by atoms with van der Waals surface area (Å²) in [7, 11) is 0. The van der Waals surface area contributed by atoms with Crippen molar-refractivity contribution in [2.24, 2.45) is 23.7 Å². The van der Waals surface area contributed by atoms with Crippen LogP contribution in [0.25, 0.3) is 0 Å². The van der Waals surface area contributed by atoms with Crippen LogP contribution >= 0.6 is 0 Å². The van der Waals surface area contributed by atoms with Crippen LogP contribution in [0.5, 0.6) is 0 Å².